The van der Waals surface area contributed by atoms with Gasteiger partial charge >= 0.3 is 5.97 Å². The quantitative estimate of drug-likeness (QED) is 0.588. The molecule has 1 aliphatic rings. The van der Waals surface area contributed by atoms with E-state index in [-0.39, 0.29) is 24.3 Å². The lowest BCUT2D eigenvalue weighted by atomic mass is 10.00. The van der Waals surface area contributed by atoms with E-state index in [2.05, 4.69) is 5.32 Å². The number of benzene rings is 1. The molecule has 1 fully saturated rings. The van der Waals surface area contributed by atoms with Crippen molar-refractivity contribution in [3.8, 4) is 0 Å². The summed E-state index contributed by atoms with van der Waals surface area (Å²) >= 11 is 0. The minimum absolute atomic E-state index is 0.0350. The molecule has 2 rings (SSSR count). The molecule has 0 saturated carbocycles. The first-order valence-electron chi connectivity index (χ1n) is 8.21. The molecule has 2 unspecified atom stereocenters. The van der Waals surface area contributed by atoms with Crippen molar-refractivity contribution in [3.63, 3.8) is 0 Å². The molecule has 1 aromatic carbocycles. The van der Waals surface area contributed by atoms with Gasteiger partial charge in [-0.3, -0.25) is 9.59 Å². The highest BCUT2D eigenvalue weighted by atomic mass is 16.5. The molecule has 1 saturated heterocycles. The SMILES string of the molecule is CCOC(=O)CC(NCC1CCCO1)C(=O)c1ccc(C)cc1. The molecule has 5 heteroatoms. The number of aryl methyl sites for hydroxylation is 1. The van der Waals surface area contributed by atoms with Crippen molar-refractivity contribution in [1.82, 2.24) is 5.32 Å². The summed E-state index contributed by atoms with van der Waals surface area (Å²) in [6.07, 6.45) is 2.18. The predicted molar refractivity (Wildman–Crippen MR) is 87.5 cm³/mol. The zero-order valence-electron chi connectivity index (χ0n) is 13.8. The van der Waals surface area contributed by atoms with E-state index < -0.39 is 6.04 Å². The molecular weight excluding hydrogens is 294 g/mol. The average Bonchev–Trinajstić information content (AvgIpc) is 3.05. The summed E-state index contributed by atoms with van der Waals surface area (Å²) in [5.41, 5.74) is 1.69. The molecule has 1 heterocycles. The van der Waals surface area contributed by atoms with Gasteiger partial charge in [-0.25, -0.2) is 0 Å². The lowest BCUT2D eigenvalue weighted by Crippen LogP contribution is -2.42. The number of hydrogen-bond acceptors (Lipinski definition) is 5. The Labute approximate surface area is 137 Å². The Morgan fingerprint density at radius 2 is 2.09 bits per heavy atom. The first-order valence-corrected chi connectivity index (χ1v) is 8.21. The zero-order valence-corrected chi connectivity index (χ0v) is 13.8. The van der Waals surface area contributed by atoms with Crippen LogP contribution in [-0.2, 0) is 14.3 Å². The fourth-order valence-electron chi connectivity index (χ4n) is 2.64. The fourth-order valence-corrected chi connectivity index (χ4v) is 2.64. The van der Waals surface area contributed by atoms with Gasteiger partial charge in [0.1, 0.15) is 0 Å². The van der Waals surface area contributed by atoms with Crippen LogP contribution in [0.1, 0.15) is 42.1 Å². The van der Waals surface area contributed by atoms with Crippen LogP contribution < -0.4 is 5.32 Å². The third-order valence-electron chi connectivity index (χ3n) is 3.94. The van der Waals surface area contributed by atoms with Gasteiger partial charge in [-0.2, -0.15) is 0 Å². The zero-order chi connectivity index (χ0) is 16.7. The molecule has 0 aromatic heterocycles. The average molecular weight is 319 g/mol. The number of Topliss-reactive ketones (excluding diaryl/α,β-unsaturated/α-hetero) is 1. The lowest BCUT2D eigenvalue weighted by molar-refractivity contribution is -0.143. The summed E-state index contributed by atoms with van der Waals surface area (Å²) in [7, 11) is 0. The molecule has 5 nitrogen and oxygen atoms in total. The number of hydrogen-bond donors (Lipinski definition) is 1. The van der Waals surface area contributed by atoms with Crippen molar-refractivity contribution in [2.45, 2.75) is 45.3 Å². The van der Waals surface area contributed by atoms with Gasteiger partial charge in [0.05, 0.1) is 25.2 Å². The molecule has 0 amide bonds. The van der Waals surface area contributed by atoms with Crippen LogP contribution >= 0.6 is 0 Å². The highest BCUT2D eigenvalue weighted by molar-refractivity contribution is 6.01. The van der Waals surface area contributed by atoms with Gasteiger partial charge in [0.25, 0.3) is 0 Å². The van der Waals surface area contributed by atoms with Crippen LogP contribution in [0.25, 0.3) is 0 Å². The minimum atomic E-state index is -0.582. The molecule has 2 atom stereocenters. The van der Waals surface area contributed by atoms with Crippen LogP contribution in [0.5, 0.6) is 0 Å². The van der Waals surface area contributed by atoms with Gasteiger partial charge in [0, 0.05) is 18.7 Å². The van der Waals surface area contributed by atoms with Crippen LogP contribution in [-0.4, -0.2) is 43.7 Å². The summed E-state index contributed by atoms with van der Waals surface area (Å²) in [4.78, 5) is 24.5. The summed E-state index contributed by atoms with van der Waals surface area (Å²) in [6.45, 7) is 5.38. The van der Waals surface area contributed by atoms with Crippen molar-refractivity contribution in [2.75, 3.05) is 19.8 Å². The predicted octanol–water partition coefficient (Wildman–Crippen LogP) is 2.27. The Hall–Kier alpha value is -1.72. The maximum Gasteiger partial charge on any atom is 0.307 e. The van der Waals surface area contributed by atoms with Gasteiger partial charge < -0.3 is 14.8 Å². The molecule has 126 valence electrons. The van der Waals surface area contributed by atoms with Gasteiger partial charge in [-0.15, -0.1) is 0 Å². The Balaban J connectivity index is 2.02. The molecule has 1 aromatic rings. The summed E-state index contributed by atoms with van der Waals surface area (Å²) in [5.74, 6) is -0.450. The minimum Gasteiger partial charge on any atom is -0.466 e. The number of carbonyl (C=O) groups is 2. The van der Waals surface area contributed by atoms with Crippen molar-refractivity contribution < 1.29 is 19.1 Å². The van der Waals surface area contributed by atoms with E-state index in [1.54, 1.807) is 19.1 Å². The molecule has 0 aliphatic carbocycles. The fraction of sp³-hybridized carbons (Fsp3) is 0.556. The highest BCUT2D eigenvalue weighted by Gasteiger charge is 2.25. The van der Waals surface area contributed by atoms with Crippen LogP contribution in [0, 0.1) is 6.92 Å². The maximum atomic E-state index is 12.7. The van der Waals surface area contributed by atoms with E-state index in [0.29, 0.717) is 18.7 Å². The maximum absolute atomic E-state index is 12.7. The Bertz CT molecular complexity index is 520. The lowest BCUT2D eigenvalue weighted by Gasteiger charge is -2.19. The Morgan fingerprint density at radius 3 is 2.70 bits per heavy atom. The molecule has 0 radical (unpaired) electrons. The van der Waals surface area contributed by atoms with E-state index in [0.717, 1.165) is 25.0 Å². The summed E-state index contributed by atoms with van der Waals surface area (Å²) in [6, 6.07) is 6.80. The first-order chi connectivity index (χ1) is 11.1. The second kappa shape index (κ2) is 8.79. The number of nitrogens with one attached hydrogen (secondary N) is 1. The molecule has 1 N–H and O–H groups in total. The third kappa shape index (κ3) is 5.44. The molecular formula is C18H25NO4. The second-order valence-corrected chi connectivity index (χ2v) is 5.84. The molecule has 1 aliphatic heterocycles. The van der Waals surface area contributed by atoms with Gasteiger partial charge in [0.2, 0.25) is 0 Å². The van der Waals surface area contributed by atoms with Crippen molar-refractivity contribution in [3.05, 3.63) is 35.4 Å². The van der Waals surface area contributed by atoms with Gasteiger partial charge in [0.15, 0.2) is 5.78 Å². The van der Waals surface area contributed by atoms with E-state index >= 15 is 0 Å². The Morgan fingerprint density at radius 1 is 1.35 bits per heavy atom. The normalized spacial score (nSPS) is 18.6. The van der Waals surface area contributed by atoms with E-state index in [1.807, 2.05) is 19.1 Å². The van der Waals surface area contributed by atoms with E-state index in [9.17, 15) is 9.59 Å². The van der Waals surface area contributed by atoms with Gasteiger partial charge in [-0.1, -0.05) is 29.8 Å². The largest absolute Gasteiger partial charge is 0.466 e. The number of ether oxygens (including phenoxy) is 2. The number of rotatable bonds is 8. The number of carbonyl (C=O) groups excluding carboxylic acids is 2. The number of esters is 1. The van der Waals surface area contributed by atoms with Crippen molar-refractivity contribution in [2.24, 2.45) is 0 Å². The molecule has 0 bridgehead atoms. The first kappa shape index (κ1) is 17.6. The van der Waals surface area contributed by atoms with Crippen LogP contribution in [0.3, 0.4) is 0 Å². The summed E-state index contributed by atoms with van der Waals surface area (Å²) < 4.78 is 10.6. The Kier molecular flexibility index (Phi) is 6.74. The topological polar surface area (TPSA) is 64.6 Å². The molecule has 0 spiro atoms. The van der Waals surface area contributed by atoms with E-state index in [4.69, 9.17) is 9.47 Å². The standard InChI is InChI=1S/C18H25NO4/c1-3-22-17(20)11-16(19-12-15-5-4-10-23-15)18(21)14-8-6-13(2)7-9-14/h6-9,15-16,19H,3-5,10-12H2,1-2H3. The van der Waals surface area contributed by atoms with Crippen LogP contribution in [0.4, 0.5) is 0 Å². The van der Waals surface area contributed by atoms with Gasteiger partial charge in [-0.05, 0) is 26.7 Å². The smallest absolute Gasteiger partial charge is 0.307 e. The summed E-state index contributed by atoms with van der Waals surface area (Å²) in [5, 5.41) is 3.19. The third-order valence-corrected chi connectivity index (χ3v) is 3.94. The van der Waals surface area contributed by atoms with Crippen LogP contribution in [0.2, 0.25) is 0 Å². The number of ketones is 1. The monoisotopic (exact) mass is 319 g/mol. The second-order valence-electron chi connectivity index (χ2n) is 5.84. The van der Waals surface area contributed by atoms with E-state index in [1.165, 1.54) is 0 Å². The highest BCUT2D eigenvalue weighted by Crippen LogP contribution is 2.13. The van der Waals surface area contributed by atoms with Crippen LogP contribution in [0.15, 0.2) is 24.3 Å². The van der Waals surface area contributed by atoms with Crippen molar-refractivity contribution in [1.29, 1.82) is 0 Å². The van der Waals surface area contributed by atoms with Crippen molar-refractivity contribution >= 4 is 11.8 Å². The molecule has 23 heavy (non-hydrogen) atoms.